The summed E-state index contributed by atoms with van der Waals surface area (Å²) in [4.78, 5) is 14.2. The van der Waals surface area contributed by atoms with Crippen LogP contribution in [0.15, 0.2) is 18.2 Å². The highest BCUT2D eigenvalue weighted by Gasteiger charge is 2.22. The van der Waals surface area contributed by atoms with E-state index in [9.17, 15) is 4.79 Å². The molecule has 1 heterocycles. The van der Waals surface area contributed by atoms with Gasteiger partial charge >= 0.3 is 0 Å². The number of fused-ring (bicyclic) bond motifs is 1. The Kier molecular flexibility index (Phi) is 4.02. The molecule has 1 aliphatic rings. The van der Waals surface area contributed by atoms with Gasteiger partial charge in [-0.3, -0.25) is 4.79 Å². The van der Waals surface area contributed by atoms with Gasteiger partial charge in [0.05, 0.1) is 0 Å². The molecule has 3 nitrogen and oxygen atoms in total. The maximum absolute atomic E-state index is 12.2. The highest BCUT2D eigenvalue weighted by Crippen LogP contribution is 2.28. The fraction of sp³-hybridized carbons (Fsp3) is 0.533. The van der Waals surface area contributed by atoms with Crippen molar-refractivity contribution in [2.75, 3.05) is 11.4 Å². The molecule has 1 aliphatic heterocycles. The SMILES string of the molecule is Cc1ccc2c(c1)N(C(=O)CCC(C)N)CCC2. The molecule has 0 spiro atoms. The van der Waals surface area contributed by atoms with Crippen LogP contribution in [0.4, 0.5) is 5.69 Å². The summed E-state index contributed by atoms with van der Waals surface area (Å²) in [6.07, 6.45) is 3.44. The van der Waals surface area contributed by atoms with Crippen LogP contribution in [0, 0.1) is 6.92 Å². The van der Waals surface area contributed by atoms with Gasteiger partial charge in [-0.15, -0.1) is 0 Å². The standard InChI is InChI=1S/C15H22N2O/c1-11-5-7-13-4-3-9-17(14(13)10-11)15(18)8-6-12(2)16/h5,7,10,12H,3-4,6,8-9,16H2,1-2H3. The van der Waals surface area contributed by atoms with E-state index in [0.29, 0.717) is 6.42 Å². The average molecular weight is 246 g/mol. The lowest BCUT2D eigenvalue weighted by Crippen LogP contribution is -2.36. The Bertz CT molecular complexity index is 440. The molecule has 1 aromatic carbocycles. The number of benzene rings is 1. The van der Waals surface area contributed by atoms with E-state index in [0.717, 1.165) is 31.5 Å². The zero-order chi connectivity index (χ0) is 13.1. The van der Waals surface area contributed by atoms with Gasteiger partial charge in [0, 0.05) is 24.7 Å². The topological polar surface area (TPSA) is 46.3 Å². The molecule has 0 radical (unpaired) electrons. The van der Waals surface area contributed by atoms with Crippen LogP contribution in [0.1, 0.15) is 37.3 Å². The van der Waals surface area contributed by atoms with E-state index in [2.05, 4.69) is 25.1 Å². The first-order valence-electron chi connectivity index (χ1n) is 6.73. The molecular formula is C15H22N2O. The molecule has 1 amide bonds. The molecule has 0 aliphatic carbocycles. The van der Waals surface area contributed by atoms with Gasteiger partial charge in [-0.25, -0.2) is 0 Å². The molecular weight excluding hydrogens is 224 g/mol. The first kappa shape index (κ1) is 13.1. The number of nitrogens with two attached hydrogens (primary N) is 1. The summed E-state index contributed by atoms with van der Waals surface area (Å²) >= 11 is 0. The van der Waals surface area contributed by atoms with Crippen molar-refractivity contribution in [2.45, 2.75) is 45.6 Å². The zero-order valence-electron chi connectivity index (χ0n) is 11.3. The fourth-order valence-electron chi connectivity index (χ4n) is 2.43. The molecule has 2 rings (SSSR count). The van der Waals surface area contributed by atoms with E-state index in [4.69, 9.17) is 5.73 Å². The summed E-state index contributed by atoms with van der Waals surface area (Å²) in [5, 5.41) is 0. The Morgan fingerprint density at radius 2 is 2.28 bits per heavy atom. The second-order valence-corrected chi connectivity index (χ2v) is 5.30. The van der Waals surface area contributed by atoms with Gasteiger partial charge in [0.1, 0.15) is 0 Å². The van der Waals surface area contributed by atoms with Gasteiger partial charge in [0.2, 0.25) is 5.91 Å². The lowest BCUT2D eigenvalue weighted by atomic mass is 9.99. The lowest BCUT2D eigenvalue weighted by Gasteiger charge is -2.30. The summed E-state index contributed by atoms with van der Waals surface area (Å²) in [6, 6.07) is 6.48. The molecule has 1 unspecified atom stereocenters. The largest absolute Gasteiger partial charge is 0.328 e. The van der Waals surface area contributed by atoms with Crippen molar-refractivity contribution >= 4 is 11.6 Å². The molecule has 1 aromatic rings. The Labute approximate surface area is 109 Å². The van der Waals surface area contributed by atoms with E-state index in [1.807, 2.05) is 11.8 Å². The highest BCUT2D eigenvalue weighted by atomic mass is 16.2. The van der Waals surface area contributed by atoms with Crippen LogP contribution >= 0.6 is 0 Å². The van der Waals surface area contributed by atoms with E-state index < -0.39 is 0 Å². The molecule has 0 saturated carbocycles. The van der Waals surface area contributed by atoms with Crippen LogP contribution in [0.3, 0.4) is 0 Å². The third-order valence-corrected chi connectivity index (χ3v) is 3.47. The normalized spacial score (nSPS) is 16.3. The Morgan fingerprint density at radius 3 is 3.00 bits per heavy atom. The minimum absolute atomic E-state index is 0.0933. The van der Waals surface area contributed by atoms with Crippen LogP contribution in [0.25, 0.3) is 0 Å². The number of carbonyl (C=O) groups excluding carboxylic acids is 1. The minimum Gasteiger partial charge on any atom is -0.328 e. The third kappa shape index (κ3) is 2.91. The Morgan fingerprint density at radius 1 is 1.50 bits per heavy atom. The lowest BCUT2D eigenvalue weighted by molar-refractivity contribution is -0.118. The number of carbonyl (C=O) groups is 1. The monoisotopic (exact) mass is 246 g/mol. The Hall–Kier alpha value is -1.35. The second kappa shape index (κ2) is 5.53. The molecule has 0 aromatic heterocycles. The van der Waals surface area contributed by atoms with Crippen molar-refractivity contribution < 1.29 is 4.79 Å². The molecule has 98 valence electrons. The summed E-state index contributed by atoms with van der Waals surface area (Å²) in [5.41, 5.74) is 9.33. The number of anilines is 1. The molecule has 0 saturated heterocycles. The highest BCUT2D eigenvalue weighted by molar-refractivity contribution is 5.94. The van der Waals surface area contributed by atoms with Crippen molar-refractivity contribution in [3.05, 3.63) is 29.3 Å². The number of amides is 1. The predicted octanol–water partition coefficient (Wildman–Crippen LogP) is 2.40. The van der Waals surface area contributed by atoms with Crippen LogP contribution in [-0.2, 0) is 11.2 Å². The summed E-state index contributed by atoms with van der Waals surface area (Å²) < 4.78 is 0. The van der Waals surface area contributed by atoms with Crippen molar-refractivity contribution in [3.8, 4) is 0 Å². The fourth-order valence-corrected chi connectivity index (χ4v) is 2.43. The smallest absolute Gasteiger partial charge is 0.227 e. The Balaban J connectivity index is 2.16. The third-order valence-electron chi connectivity index (χ3n) is 3.47. The number of hydrogen-bond acceptors (Lipinski definition) is 2. The summed E-state index contributed by atoms with van der Waals surface area (Å²) in [6.45, 7) is 4.86. The quantitative estimate of drug-likeness (QED) is 0.890. The molecule has 0 fully saturated rings. The average Bonchev–Trinajstić information content (AvgIpc) is 2.35. The molecule has 2 N–H and O–H groups in total. The van der Waals surface area contributed by atoms with E-state index >= 15 is 0 Å². The van der Waals surface area contributed by atoms with Gasteiger partial charge in [0.25, 0.3) is 0 Å². The number of hydrogen-bond donors (Lipinski definition) is 1. The molecule has 1 atom stereocenters. The number of nitrogens with zero attached hydrogens (tertiary/aromatic N) is 1. The van der Waals surface area contributed by atoms with Crippen molar-refractivity contribution in [1.29, 1.82) is 0 Å². The molecule has 3 heteroatoms. The minimum atomic E-state index is 0.0933. The van der Waals surface area contributed by atoms with Crippen LogP contribution in [-0.4, -0.2) is 18.5 Å². The predicted molar refractivity (Wildman–Crippen MR) is 74.7 cm³/mol. The van der Waals surface area contributed by atoms with Gasteiger partial charge in [-0.1, -0.05) is 12.1 Å². The molecule has 0 bridgehead atoms. The zero-order valence-corrected chi connectivity index (χ0v) is 11.3. The van der Waals surface area contributed by atoms with Crippen molar-refractivity contribution in [3.63, 3.8) is 0 Å². The first-order valence-corrected chi connectivity index (χ1v) is 6.73. The van der Waals surface area contributed by atoms with Crippen LogP contribution < -0.4 is 10.6 Å². The van der Waals surface area contributed by atoms with E-state index in [-0.39, 0.29) is 11.9 Å². The van der Waals surface area contributed by atoms with Crippen LogP contribution in [0.2, 0.25) is 0 Å². The summed E-state index contributed by atoms with van der Waals surface area (Å²) in [7, 11) is 0. The maximum Gasteiger partial charge on any atom is 0.227 e. The van der Waals surface area contributed by atoms with Gasteiger partial charge < -0.3 is 10.6 Å². The van der Waals surface area contributed by atoms with Gasteiger partial charge in [-0.05, 0) is 50.3 Å². The van der Waals surface area contributed by atoms with Crippen molar-refractivity contribution in [2.24, 2.45) is 5.73 Å². The van der Waals surface area contributed by atoms with Crippen LogP contribution in [0.5, 0.6) is 0 Å². The number of rotatable bonds is 3. The molecule has 18 heavy (non-hydrogen) atoms. The van der Waals surface area contributed by atoms with E-state index in [1.165, 1.54) is 11.1 Å². The summed E-state index contributed by atoms with van der Waals surface area (Å²) in [5.74, 6) is 0.207. The second-order valence-electron chi connectivity index (χ2n) is 5.30. The van der Waals surface area contributed by atoms with Gasteiger partial charge in [-0.2, -0.15) is 0 Å². The van der Waals surface area contributed by atoms with Crippen molar-refractivity contribution in [1.82, 2.24) is 0 Å². The van der Waals surface area contributed by atoms with E-state index in [1.54, 1.807) is 0 Å². The maximum atomic E-state index is 12.2. The number of aryl methyl sites for hydroxylation is 2. The van der Waals surface area contributed by atoms with Gasteiger partial charge in [0.15, 0.2) is 0 Å². The first-order chi connectivity index (χ1) is 8.58.